The Balaban J connectivity index is 2.31. The fourth-order valence-electron chi connectivity index (χ4n) is 2.20. The Bertz CT molecular complexity index is 282. The van der Waals surface area contributed by atoms with Gasteiger partial charge in [0.15, 0.2) is 0 Å². The van der Waals surface area contributed by atoms with Gasteiger partial charge >= 0.3 is 0 Å². The van der Waals surface area contributed by atoms with E-state index in [4.69, 9.17) is 10.5 Å². The van der Waals surface area contributed by atoms with E-state index >= 15 is 0 Å². The molecule has 5 nitrogen and oxygen atoms in total. The highest BCUT2D eigenvalue weighted by Gasteiger charge is 2.23. The molecule has 3 N–H and O–H groups in total. The Hall–Kier alpha value is -0.650. The van der Waals surface area contributed by atoms with Crippen LogP contribution in [-0.4, -0.2) is 55.7 Å². The molecule has 3 atom stereocenters. The van der Waals surface area contributed by atoms with Gasteiger partial charge in [0.05, 0.1) is 12.7 Å². The highest BCUT2D eigenvalue weighted by molar-refractivity contribution is 5.78. The summed E-state index contributed by atoms with van der Waals surface area (Å²) < 4.78 is 5.69. The average Bonchev–Trinajstić information content (AvgIpc) is 2.34. The molecule has 5 heteroatoms. The number of nitrogens with two attached hydrogens (primary N) is 1. The second-order valence-corrected chi connectivity index (χ2v) is 6.04. The van der Waals surface area contributed by atoms with E-state index < -0.39 is 0 Å². The number of morpholine rings is 1. The number of carbonyl (C=O) groups is 1. The number of amides is 1. The molecule has 0 saturated carbocycles. The maximum atomic E-state index is 11.8. The number of rotatable bonds is 6. The van der Waals surface area contributed by atoms with Gasteiger partial charge in [0, 0.05) is 38.1 Å². The van der Waals surface area contributed by atoms with E-state index in [1.54, 1.807) is 0 Å². The molecule has 1 fully saturated rings. The van der Waals surface area contributed by atoms with E-state index in [1.165, 1.54) is 0 Å². The van der Waals surface area contributed by atoms with Gasteiger partial charge < -0.3 is 15.8 Å². The molecule has 1 amide bonds. The van der Waals surface area contributed by atoms with E-state index in [9.17, 15) is 4.79 Å². The van der Waals surface area contributed by atoms with Crippen LogP contribution in [0.2, 0.25) is 0 Å². The molecule has 0 spiro atoms. The molecule has 0 radical (unpaired) electrons. The first-order chi connectivity index (χ1) is 8.90. The molecule has 1 aliphatic heterocycles. The minimum Gasteiger partial charge on any atom is -0.374 e. The minimum absolute atomic E-state index is 0.0135. The van der Waals surface area contributed by atoms with Crippen LogP contribution < -0.4 is 11.1 Å². The van der Waals surface area contributed by atoms with Crippen LogP contribution in [0.5, 0.6) is 0 Å². The lowest BCUT2D eigenvalue weighted by atomic mass is 10.0. The predicted octanol–water partition coefficient (Wildman–Crippen LogP) is 0.443. The van der Waals surface area contributed by atoms with E-state index in [0.717, 1.165) is 26.2 Å². The van der Waals surface area contributed by atoms with Gasteiger partial charge in [-0.2, -0.15) is 0 Å². The van der Waals surface area contributed by atoms with Crippen molar-refractivity contribution in [1.29, 1.82) is 0 Å². The van der Waals surface area contributed by atoms with Crippen molar-refractivity contribution in [3.63, 3.8) is 0 Å². The molecule has 1 aliphatic rings. The van der Waals surface area contributed by atoms with Gasteiger partial charge in [0.2, 0.25) is 5.91 Å². The lowest BCUT2D eigenvalue weighted by molar-refractivity contribution is -0.126. The number of hydrogen-bond acceptors (Lipinski definition) is 4. The first-order valence-corrected chi connectivity index (χ1v) is 7.27. The summed E-state index contributed by atoms with van der Waals surface area (Å²) in [5.41, 5.74) is 5.72. The fourth-order valence-corrected chi connectivity index (χ4v) is 2.20. The summed E-state index contributed by atoms with van der Waals surface area (Å²) in [6, 6.07) is -0.121. The molecule has 0 aromatic rings. The minimum atomic E-state index is -0.157. The molecular weight excluding hydrogens is 242 g/mol. The highest BCUT2D eigenvalue weighted by atomic mass is 16.5. The summed E-state index contributed by atoms with van der Waals surface area (Å²) in [4.78, 5) is 14.2. The zero-order chi connectivity index (χ0) is 14.4. The average molecular weight is 271 g/mol. The van der Waals surface area contributed by atoms with Crippen LogP contribution in [0.4, 0.5) is 0 Å². The molecule has 0 aliphatic carbocycles. The SMILES string of the molecule is CC(C)CN1CCOC(CNC(=O)C(C)C(C)N)C1. The monoisotopic (exact) mass is 271 g/mol. The van der Waals surface area contributed by atoms with E-state index in [1.807, 2.05) is 13.8 Å². The summed E-state index contributed by atoms with van der Waals surface area (Å²) in [7, 11) is 0. The Labute approximate surface area is 116 Å². The summed E-state index contributed by atoms with van der Waals surface area (Å²) in [6.07, 6.45) is 0.0942. The summed E-state index contributed by atoms with van der Waals surface area (Å²) in [5, 5.41) is 2.94. The van der Waals surface area contributed by atoms with E-state index in [-0.39, 0.29) is 24.0 Å². The number of ether oxygens (including phenoxy) is 1. The topological polar surface area (TPSA) is 67.6 Å². The normalized spacial score (nSPS) is 24.2. The maximum absolute atomic E-state index is 11.8. The van der Waals surface area contributed by atoms with Gasteiger partial charge in [0.1, 0.15) is 0 Å². The summed E-state index contributed by atoms with van der Waals surface area (Å²) >= 11 is 0. The first kappa shape index (κ1) is 16.4. The van der Waals surface area contributed by atoms with Crippen LogP contribution >= 0.6 is 0 Å². The van der Waals surface area contributed by atoms with Crippen molar-refractivity contribution in [3.05, 3.63) is 0 Å². The van der Waals surface area contributed by atoms with Crippen molar-refractivity contribution < 1.29 is 9.53 Å². The lowest BCUT2D eigenvalue weighted by Crippen LogP contribution is -2.49. The molecule has 1 rings (SSSR count). The molecule has 19 heavy (non-hydrogen) atoms. The van der Waals surface area contributed by atoms with Crippen LogP contribution in [0.25, 0.3) is 0 Å². The Morgan fingerprint density at radius 3 is 2.68 bits per heavy atom. The third-order valence-corrected chi connectivity index (χ3v) is 3.55. The fraction of sp³-hybridized carbons (Fsp3) is 0.929. The molecule has 0 aromatic heterocycles. The Kier molecular flexibility index (Phi) is 6.75. The third kappa shape index (κ3) is 5.89. The van der Waals surface area contributed by atoms with Gasteiger partial charge in [-0.3, -0.25) is 9.69 Å². The first-order valence-electron chi connectivity index (χ1n) is 7.27. The summed E-state index contributed by atoms with van der Waals surface area (Å²) in [6.45, 7) is 12.4. The van der Waals surface area contributed by atoms with E-state index in [0.29, 0.717) is 12.5 Å². The number of hydrogen-bond donors (Lipinski definition) is 2. The molecular formula is C14H29N3O2. The van der Waals surface area contributed by atoms with Crippen molar-refractivity contribution >= 4 is 5.91 Å². The van der Waals surface area contributed by atoms with Crippen LogP contribution in [0.15, 0.2) is 0 Å². The predicted molar refractivity (Wildman–Crippen MR) is 76.8 cm³/mol. The standard InChI is InChI=1S/C14H29N3O2/c1-10(2)8-17-5-6-19-13(9-17)7-16-14(18)11(3)12(4)15/h10-13H,5-9,15H2,1-4H3,(H,16,18). The second kappa shape index (κ2) is 7.82. The molecule has 112 valence electrons. The highest BCUT2D eigenvalue weighted by Crippen LogP contribution is 2.08. The van der Waals surface area contributed by atoms with Crippen LogP contribution in [0, 0.1) is 11.8 Å². The quantitative estimate of drug-likeness (QED) is 0.736. The van der Waals surface area contributed by atoms with Gasteiger partial charge in [-0.1, -0.05) is 20.8 Å². The van der Waals surface area contributed by atoms with Crippen LogP contribution in [0.1, 0.15) is 27.7 Å². The Morgan fingerprint density at radius 1 is 1.42 bits per heavy atom. The molecule has 0 aromatic carbocycles. The zero-order valence-corrected chi connectivity index (χ0v) is 12.7. The van der Waals surface area contributed by atoms with Crippen LogP contribution in [-0.2, 0) is 9.53 Å². The van der Waals surface area contributed by atoms with Gasteiger partial charge in [-0.05, 0) is 12.8 Å². The lowest BCUT2D eigenvalue weighted by Gasteiger charge is -2.34. The van der Waals surface area contributed by atoms with Crippen molar-refractivity contribution in [2.45, 2.75) is 39.8 Å². The molecule has 1 heterocycles. The van der Waals surface area contributed by atoms with Gasteiger partial charge in [0.25, 0.3) is 0 Å². The number of carbonyl (C=O) groups excluding carboxylic acids is 1. The number of nitrogens with one attached hydrogen (secondary N) is 1. The second-order valence-electron chi connectivity index (χ2n) is 6.04. The Morgan fingerprint density at radius 2 is 2.11 bits per heavy atom. The number of nitrogens with zero attached hydrogens (tertiary/aromatic N) is 1. The zero-order valence-electron chi connectivity index (χ0n) is 12.7. The molecule has 1 saturated heterocycles. The largest absolute Gasteiger partial charge is 0.374 e. The van der Waals surface area contributed by atoms with E-state index in [2.05, 4.69) is 24.1 Å². The van der Waals surface area contributed by atoms with Crippen LogP contribution in [0.3, 0.4) is 0 Å². The van der Waals surface area contributed by atoms with Crippen molar-refractivity contribution in [2.24, 2.45) is 17.6 Å². The third-order valence-electron chi connectivity index (χ3n) is 3.55. The van der Waals surface area contributed by atoms with Gasteiger partial charge in [-0.25, -0.2) is 0 Å². The molecule has 0 bridgehead atoms. The van der Waals surface area contributed by atoms with Crippen molar-refractivity contribution in [1.82, 2.24) is 10.2 Å². The van der Waals surface area contributed by atoms with Crippen molar-refractivity contribution in [2.75, 3.05) is 32.8 Å². The molecule has 3 unspecified atom stereocenters. The van der Waals surface area contributed by atoms with Gasteiger partial charge in [-0.15, -0.1) is 0 Å². The summed E-state index contributed by atoms with van der Waals surface area (Å²) in [5.74, 6) is 0.515. The van der Waals surface area contributed by atoms with Crippen molar-refractivity contribution in [3.8, 4) is 0 Å². The maximum Gasteiger partial charge on any atom is 0.224 e. The smallest absolute Gasteiger partial charge is 0.224 e.